The molecule has 0 bridgehead atoms. The molecule has 0 fully saturated rings. The number of hydrazone groups is 1. The Bertz CT molecular complexity index is 982. The second-order valence-electron chi connectivity index (χ2n) is 5.90. The first kappa shape index (κ1) is 20.0. The molecule has 1 N–H and O–H groups in total. The van der Waals surface area contributed by atoms with Gasteiger partial charge in [0.05, 0.1) is 17.8 Å². The molecule has 0 radical (unpaired) electrons. The molecule has 1 amide bonds. The topological polar surface area (TPSA) is 63.8 Å². The predicted octanol–water partition coefficient (Wildman–Crippen LogP) is 5.81. The Morgan fingerprint density at radius 1 is 1.14 bits per heavy atom. The van der Waals surface area contributed by atoms with Crippen molar-refractivity contribution in [2.24, 2.45) is 5.10 Å². The number of carbonyl (C=O) groups excluding carboxylic acids is 1. The van der Waals surface area contributed by atoms with Crippen LogP contribution >= 0.6 is 23.2 Å². The third kappa shape index (κ3) is 5.15. The summed E-state index contributed by atoms with van der Waals surface area (Å²) < 4.78 is 11.2. The zero-order chi connectivity index (χ0) is 19.9. The van der Waals surface area contributed by atoms with Gasteiger partial charge >= 0.3 is 0 Å². The van der Waals surface area contributed by atoms with Gasteiger partial charge in [0.2, 0.25) is 0 Å². The van der Waals surface area contributed by atoms with Crippen molar-refractivity contribution in [3.63, 3.8) is 0 Å². The van der Waals surface area contributed by atoms with Gasteiger partial charge in [-0.1, -0.05) is 30.1 Å². The molecule has 28 heavy (non-hydrogen) atoms. The summed E-state index contributed by atoms with van der Waals surface area (Å²) in [6.45, 7) is 2.67. The van der Waals surface area contributed by atoms with Crippen molar-refractivity contribution in [1.29, 1.82) is 0 Å². The van der Waals surface area contributed by atoms with E-state index in [1.54, 1.807) is 54.6 Å². The second kappa shape index (κ2) is 9.44. The normalized spacial score (nSPS) is 11.0. The quantitative estimate of drug-likeness (QED) is 0.390. The van der Waals surface area contributed by atoms with Crippen molar-refractivity contribution in [1.82, 2.24) is 5.43 Å². The average Bonchev–Trinajstić information content (AvgIpc) is 3.15. The van der Waals surface area contributed by atoms with E-state index in [0.29, 0.717) is 33.7 Å². The summed E-state index contributed by atoms with van der Waals surface area (Å²) in [6.07, 6.45) is 2.35. The fourth-order valence-electron chi connectivity index (χ4n) is 2.40. The molecule has 0 aliphatic carbocycles. The first-order valence-electron chi connectivity index (χ1n) is 8.68. The lowest BCUT2D eigenvalue weighted by atomic mass is 10.2. The molecule has 0 aliphatic rings. The zero-order valence-electron chi connectivity index (χ0n) is 15.1. The van der Waals surface area contributed by atoms with E-state index in [1.165, 1.54) is 6.21 Å². The minimum Gasteiger partial charge on any atom is -0.494 e. The van der Waals surface area contributed by atoms with Gasteiger partial charge in [-0.15, -0.1) is 0 Å². The Morgan fingerprint density at radius 3 is 2.64 bits per heavy atom. The number of ether oxygens (including phenoxy) is 1. The molecular formula is C21H18Cl2N2O3. The van der Waals surface area contributed by atoms with Crippen molar-refractivity contribution in [3.8, 4) is 17.1 Å². The molecular weight excluding hydrogens is 399 g/mol. The fourth-order valence-corrected chi connectivity index (χ4v) is 2.90. The van der Waals surface area contributed by atoms with Crippen LogP contribution in [-0.2, 0) is 0 Å². The van der Waals surface area contributed by atoms with Crippen LogP contribution in [0.15, 0.2) is 64.1 Å². The summed E-state index contributed by atoms with van der Waals surface area (Å²) in [5.41, 5.74) is 3.67. The van der Waals surface area contributed by atoms with E-state index < -0.39 is 0 Å². The maximum absolute atomic E-state index is 12.1. The van der Waals surface area contributed by atoms with Crippen LogP contribution in [0.2, 0.25) is 10.0 Å². The highest BCUT2D eigenvalue weighted by molar-refractivity contribution is 6.36. The zero-order valence-corrected chi connectivity index (χ0v) is 16.6. The Balaban J connectivity index is 1.60. The average molecular weight is 417 g/mol. The van der Waals surface area contributed by atoms with Crippen molar-refractivity contribution < 1.29 is 13.9 Å². The number of halogens is 2. The van der Waals surface area contributed by atoms with Crippen molar-refractivity contribution in [2.75, 3.05) is 6.61 Å². The van der Waals surface area contributed by atoms with Crippen LogP contribution in [0, 0.1) is 0 Å². The van der Waals surface area contributed by atoms with Gasteiger partial charge in [-0.3, -0.25) is 4.79 Å². The van der Waals surface area contributed by atoms with Gasteiger partial charge in [-0.05, 0) is 61.0 Å². The lowest BCUT2D eigenvalue weighted by molar-refractivity contribution is 0.0955. The molecule has 0 saturated heterocycles. The Hall–Kier alpha value is -2.76. The predicted molar refractivity (Wildman–Crippen MR) is 111 cm³/mol. The molecule has 1 heterocycles. The minimum atomic E-state index is -0.328. The third-order valence-corrected chi connectivity index (χ3v) is 4.32. The van der Waals surface area contributed by atoms with E-state index >= 15 is 0 Å². The third-order valence-electron chi connectivity index (χ3n) is 3.77. The van der Waals surface area contributed by atoms with E-state index in [2.05, 4.69) is 10.5 Å². The summed E-state index contributed by atoms with van der Waals surface area (Å²) in [6, 6.07) is 15.5. The highest BCUT2D eigenvalue weighted by Crippen LogP contribution is 2.31. The van der Waals surface area contributed by atoms with Gasteiger partial charge in [-0.25, -0.2) is 5.43 Å². The van der Waals surface area contributed by atoms with Gasteiger partial charge in [0.25, 0.3) is 5.91 Å². The van der Waals surface area contributed by atoms with E-state index in [4.69, 9.17) is 32.4 Å². The molecule has 144 valence electrons. The van der Waals surface area contributed by atoms with Crippen LogP contribution in [0.4, 0.5) is 0 Å². The molecule has 0 spiro atoms. The van der Waals surface area contributed by atoms with Crippen molar-refractivity contribution >= 4 is 35.3 Å². The molecule has 1 aromatic heterocycles. The number of nitrogens with zero attached hydrogens (tertiary/aromatic N) is 1. The van der Waals surface area contributed by atoms with Crippen LogP contribution in [-0.4, -0.2) is 18.7 Å². The minimum absolute atomic E-state index is 0.328. The van der Waals surface area contributed by atoms with Crippen LogP contribution in [0.1, 0.15) is 29.5 Å². The van der Waals surface area contributed by atoms with Gasteiger partial charge < -0.3 is 9.15 Å². The van der Waals surface area contributed by atoms with Gasteiger partial charge in [-0.2, -0.15) is 5.10 Å². The maximum Gasteiger partial charge on any atom is 0.271 e. The van der Waals surface area contributed by atoms with Crippen LogP contribution in [0.3, 0.4) is 0 Å². The van der Waals surface area contributed by atoms with Crippen LogP contribution in [0.5, 0.6) is 5.75 Å². The number of nitrogens with one attached hydrogen (secondary N) is 1. The monoisotopic (exact) mass is 416 g/mol. The second-order valence-corrected chi connectivity index (χ2v) is 6.74. The molecule has 0 atom stereocenters. The SMILES string of the molecule is CCCOc1ccc(C(=O)N/N=C\c2ccc(-c3ccc(Cl)cc3Cl)o2)cc1. The fraction of sp³-hybridized carbons (Fsp3) is 0.143. The Kier molecular flexibility index (Phi) is 6.74. The number of hydrogen-bond acceptors (Lipinski definition) is 4. The lowest BCUT2D eigenvalue weighted by Crippen LogP contribution is -2.17. The summed E-state index contributed by atoms with van der Waals surface area (Å²) in [7, 11) is 0. The maximum atomic E-state index is 12.1. The van der Waals surface area contributed by atoms with E-state index in [1.807, 2.05) is 6.92 Å². The molecule has 0 unspecified atom stereocenters. The van der Waals surface area contributed by atoms with Gasteiger partial charge in [0.1, 0.15) is 17.3 Å². The summed E-state index contributed by atoms with van der Waals surface area (Å²) in [4.78, 5) is 12.1. The number of carbonyl (C=O) groups is 1. The number of rotatable bonds is 7. The molecule has 7 heteroatoms. The molecule has 0 saturated carbocycles. The Labute approximate surface area is 172 Å². The molecule has 3 aromatic rings. The summed E-state index contributed by atoms with van der Waals surface area (Å²) in [5.74, 6) is 1.46. The van der Waals surface area contributed by atoms with Gasteiger partial charge in [0.15, 0.2) is 0 Å². The summed E-state index contributed by atoms with van der Waals surface area (Å²) >= 11 is 12.1. The van der Waals surface area contributed by atoms with E-state index in [9.17, 15) is 4.79 Å². The molecule has 3 rings (SSSR count). The number of hydrogen-bond donors (Lipinski definition) is 1. The molecule has 2 aromatic carbocycles. The van der Waals surface area contributed by atoms with E-state index in [0.717, 1.165) is 17.7 Å². The number of furan rings is 1. The number of amides is 1. The molecule has 5 nitrogen and oxygen atoms in total. The van der Waals surface area contributed by atoms with Crippen LogP contribution < -0.4 is 10.2 Å². The first-order chi connectivity index (χ1) is 13.6. The van der Waals surface area contributed by atoms with Crippen LogP contribution in [0.25, 0.3) is 11.3 Å². The summed E-state index contributed by atoms with van der Waals surface area (Å²) in [5, 5.41) is 4.97. The van der Waals surface area contributed by atoms with Crippen molar-refractivity contribution in [2.45, 2.75) is 13.3 Å². The highest BCUT2D eigenvalue weighted by Gasteiger charge is 2.09. The van der Waals surface area contributed by atoms with Gasteiger partial charge in [0, 0.05) is 16.1 Å². The largest absolute Gasteiger partial charge is 0.494 e. The first-order valence-corrected chi connectivity index (χ1v) is 9.44. The van der Waals surface area contributed by atoms with E-state index in [-0.39, 0.29) is 5.91 Å². The molecule has 0 aliphatic heterocycles. The highest BCUT2D eigenvalue weighted by atomic mass is 35.5. The standard InChI is InChI=1S/C21H18Cl2N2O3/c1-2-11-27-16-6-3-14(4-7-16)21(26)25-24-13-17-8-10-20(28-17)18-9-5-15(22)12-19(18)23/h3-10,12-13H,2,11H2,1H3,(H,25,26)/b24-13-. The van der Waals surface area contributed by atoms with Crippen molar-refractivity contribution in [3.05, 3.63) is 76.0 Å². The lowest BCUT2D eigenvalue weighted by Gasteiger charge is -2.05. The number of benzene rings is 2. The smallest absolute Gasteiger partial charge is 0.271 e. The Morgan fingerprint density at radius 2 is 1.93 bits per heavy atom.